The van der Waals surface area contributed by atoms with E-state index in [1.807, 2.05) is 0 Å². The highest BCUT2D eigenvalue weighted by molar-refractivity contribution is 5.80. The van der Waals surface area contributed by atoms with E-state index in [9.17, 15) is 0 Å². The van der Waals surface area contributed by atoms with Crippen LogP contribution in [0.5, 0.6) is 0 Å². The summed E-state index contributed by atoms with van der Waals surface area (Å²) < 4.78 is 5.12. The first kappa shape index (κ1) is 13.6. The Morgan fingerprint density at radius 2 is 2.22 bits per heavy atom. The molecule has 0 radical (unpaired) electrons. The summed E-state index contributed by atoms with van der Waals surface area (Å²) in [5, 5.41) is 0. The Balaban J connectivity index is 2.03. The molecule has 18 heavy (non-hydrogen) atoms. The number of hydrazine groups is 1. The van der Waals surface area contributed by atoms with Gasteiger partial charge in [-0.25, -0.2) is 10.8 Å². The van der Waals surface area contributed by atoms with Gasteiger partial charge in [0.05, 0.1) is 12.6 Å². The third kappa shape index (κ3) is 2.95. The van der Waals surface area contributed by atoms with Crippen molar-refractivity contribution in [1.82, 2.24) is 10.3 Å². The number of guanidine groups is 1. The van der Waals surface area contributed by atoms with E-state index in [4.69, 9.17) is 10.6 Å². The fourth-order valence-corrected chi connectivity index (χ4v) is 3.35. The second-order valence-electron chi connectivity index (χ2n) is 5.50. The quantitative estimate of drug-likeness (QED) is 0.343. The van der Waals surface area contributed by atoms with E-state index in [1.165, 1.54) is 32.1 Å². The molecule has 104 valence electrons. The number of nitrogens with one attached hydrogen (secondary N) is 1. The fraction of sp³-hybridized carbons (Fsp3) is 0.923. The van der Waals surface area contributed by atoms with Gasteiger partial charge in [0.2, 0.25) is 5.96 Å². The third-order valence-electron chi connectivity index (χ3n) is 4.16. The Bertz CT molecular complexity index is 295. The summed E-state index contributed by atoms with van der Waals surface area (Å²) in [6.07, 6.45) is 6.65. The molecule has 0 aromatic heterocycles. The van der Waals surface area contributed by atoms with Crippen molar-refractivity contribution < 1.29 is 4.74 Å². The van der Waals surface area contributed by atoms with Crippen LogP contribution in [0, 0.1) is 5.92 Å². The van der Waals surface area contributed by atoms with Crippen LogP contribution >= 0.6 is 0 Å². The van der Waals surface area contributed by atoms with Gasteiger partial charge < -0.3 is 9.64 Å². The number of hydrogen-bond acceptors (Lipinski definition) is 3. The molecular weight excluding hydrogens is 228 g/mol. The first-order valence-corrected chi connectivity index (χ1v) is 7.06. The number of fused-ring (bicyclic) bond motifs is 1. The van der Waals surface area contributed by atoms with E-state index in [-0.39, 0.29) is 6.04 Å². The van der Waals surface area contributed by atoms with E-state index in [0.29, 0.717) is 12.6 Å². The smallest absolute Gasteiger partial charge is 0.209 e. The lowest BCUT2D eigenvalue weighted by Crippen LogP contribution is -2.49. The number of aliphatic imine (C=N–C) groups is 1. The molecule has 1 saturated heterocycles. The molecule has 0 aromatic rings. The molecule has 0 spiro atoms. The minimum absolute atomic E-state index is 0.142. The number of hydrogen-bond donors (Lipinski definition) is 2. The molecule has 3 N–H and O–H groups in total. The predicted octanol–water partition coefficient (Wildman–Crippen LogP) is 1.11. The topological polar surface area (TPSA) is 62.9 Å². The van der Waals surface area contributed by atoms with E-state index in [2.05, 4.69) is 22.2 Å². The Labute approximate surface area is 110 Å². The van der Waals surface area contributed by atoms with Crippen LogP contribution in [-0.2, 0) is 4.74 Å². The van der Waals surface area contributed by atoms with Gasteiger partial charge in [-0.05, 0) is 32.1 Å². The Kier molecular flexibility index (Phi) is 4.83. The Morgan fingerprint density at radius 3 is 2.94 bits per heavy atom. The standard InChI is InChI=1S/C13H26N4O/c1-10(9-18-2)15-13(16-14)17-8-7-11-5-3-4-6-12(11)17/h10-12H,3-9,14H2,1-2H3,(H,15,16). The van der Waals surface area contributed by atoms with Crippen molar-refractivity contribution in [1.29, 1.82) is 0 Å². The van der Waals surface area contributed by atoms with Gasteiger partial charge in [0, 0.05) is 19.7 Å². The van der Waals surface area contributed by atoms with Crippen LogP contribution in [0.1, 0.15) is 39.0 Å². The molecule has 0 aromatic carbocycles. The first-order valence-electron chi connectivity index (χ1n) is 7.06. The highest BCUT2D eigenvalue weighted by Gasteiger charge is 2.37. The first-order chi connectivity index (χ1) is 8.76. The molecule has 0 bridgehead atoms. The maximum absolute atomic E-state index is 5.66. The molecule has 2 fully saturated rings. The summed E-state index contributed by atoms with van der Waals surface area (Å²) in [6.45, 7) is 3.76. The zero-order valence-corrected chi connectivity index (χ0v) is 11.6. The fourth-order valence-electron chi connectivity index (χ4n) is 3.35. The van der Waals surface area contributed by atoms with Gasteiger partial charge in [-0.1, -0.05) is 12.8 Å². The molecule has 3 unspecified atom stereocenters. The molecule has 2 rings (SSSR count). The minimum atomic E-state index is 0.142. The summed E-state index contributed by atoms with van der Waals surface area (Å²) in [4.78, 5) is 7.01. The van der Waals surface area contributed by atoms with Crippen molar-refractivity contribution in [2.24, 2.45) is 16.8 Å². The average molecular weight is 254 g/mol. The average Bonchev–Trinajstić information content (AvgIpc) is 2.80. The van der Waals surface area contributed by atoms with Gasteiger partial charge in [-0.2, -0.15) is 0 Å². The van der Waals surface area contributed by atoms with Gasteiger partial charge in [0.25, 0.3) is 0 Å². The lowest BCUT2D eigenvalue weighted by atomic mass is 9.85. The SMILES string of the molecule is COCC(C)N=C(NN)N1CCC2CCCCC21. The van der Waals surface area contributed by atoms with Crippen LogP contribution in [0.2, 0.25) is 0 Å². The Hall–Kier alpha value is -0.810. The van der Waals surface area contributed by atoms with Gasteiger partial charge in [-0.15, -0.1) is 0 Å². The van der Waals surface area contributed by atoms with Gasteiger partial charge in [0.1, 0.15) is 0 Å². The van der Waals surface area contributed by atoms with Crippen molar-refractivity contribution in [2.45, 2.75) is 51.1 Å². The van der Waals surface area contributed by atoms with E-state index in [1.54, 1.807) is 7.11 Å². The van der Waals surface area contributed by atoms with Crippen LogP contribution in [0.4, 0.5) is 0 Å². The lowest BCUT2D eigenvalue weighted by Gasteiger charge is -2.33. The highest BCUT2D eigenvalue weighted by Crippen LogP contribution is 2.36. The van der Waals surface area contributed by atoms with Crippen molar-refractivity contribution >= 4 is 5.96 Å². The van der Waals surface area contributed by atoms with Gasteiger partial charge >= 0.3 is 0 Å². The van der Waals surface area contributed by atoms with Gasteiger partial charge in [0.15, 0.2) is 0 Å². The second kappa shape index (κ2) is 6.38. The summed E-state index contributed by atoms with van der Waals surface area (Å²) in [6, 6.07) is 0.784. The number of nitrogens with two attached hydrogens (primary N) is 1. The molecule has 1 saturated carbocycles. The normalized spacial score (nSPS) is 30.2. The monoisotopic (exact) mass is 254 g/mol. The highest BCUT2D eigenvalue weighted by atomic mass is 16.5. The largest absolute Gasteiger partial charge is 0.382 e. The van der Waals surface area contributed by atoms with Crippen molar-refractivity contribution in [3.63, 3.8) is 0 Å². The maximum atomic E-state index is 5.66. The van der Waals surface area contributed by atoms with Crippen LogP contribution in [-0.4, -0.2) is 43.2 Å². The van der Waals surface area contributed by atoms with Crippen LogP contribution in [0.15, 0.2) is 4.99 Å². The predicted molar refractivity (Wildman–Crippen MR) is 73.2 cm³/mol. The summed E-state index contributed by atoms with van der Waals surface area (Å²) >= 11 is 0. The molecule has 0 amide bonds. The number of ether oxygens (including phenoxy) is 1. The number of rotatable bonds is 3. The molecule has 1 aliphatic carbocycles. The molecular formula is C13H26N4O. The molecule has 5 heteroatoms. The van der Waals surface area contributed by atoms with E-state index >= 15 is 0 Å². The second-order valence-corrected chi connectivity index (χ2v) is 5.50. The third-order valence-corrected chi connectivity index (χ3v) is 4.16. The van der Waals surface area contributed by atoms with Crippen molar-refractivity contribution in [2.75, 3.05) is 20.3 Å². The number of nitrogens with zero attached hydrogens (tertiary/aromatic N) is 2. The van der Waals surface area contributed by atoms with Gasteiger partial charge in [-0.3, -0.25) is 5.43 Å². The summed E-state index contributed by atoms with van der Waals surface area (Å²) in [5.41, 5.74) is 2.79. The summed E-state index contributed by atoms with van der Waals surface area (Å²) in [5.74, 6) is 7.34. The number of likely N-dealkylation sites (tertiary alicyclic amines) is 1. The van der Waals surface area contributed by atoms with Crippen molar-refractivity contribution in [3.05, 3.63) is 0 Å². The Morgan fingerprint density at radius 1 is 1.44 bits per heavy atom. The number of methoxy groups -OCH3 is 1. The van der Waals surface area contributed by atoms with E-state index < -0.39 is 0 Å². The molecule has 3 atom stereocenters. The minimum Gasteiger partial charge on any atom is -0.382 e. The van der Waals surface area contributed by atoms with Crippen LogP contribution in [0.25, 0.3) is 0 Å². The summed E-state index contributed by atoms with van der Waals surface area (Å²) in [7, 11) is 1.70. The van der Waals surface area contributed by atoms with Crippen LogP contribution < -0.4 is 11.3 Å². The molecule has 1 aliphatic heterocycles. The zero-order chi connectivity index (χ0) is 13.0. The molecule has 5 nitrogen and oxygen atoms in total. The van der Waals surface area contributed by atoms with E-state index in [0.717, 1.165) is 18.4 Å². The molecule has 1 heterocycles. The lowest BCUT2D eigenvalue weighted by molar-refractivity contribution is 0.184. The van der Waals surface area contributed by atoms with Crippen molar-refractivity contribution in [3.8, 4) is 0 Å². The zero-order valence-electron chi connectivity index (χ0n) is 11.6. The molecule has 2 aliphatic rings. The maximum Gasteiger partial charge on any atom is 0.209 e. The van der Waals surface area contributed by atoms with Crippen LogP contribution in [0.3, 0.4) is 0 Å².